The normalized spacial score (nSPS) is 14.4. The Morgan fingerprint density at radius 3 is 2.50 bits per heavy atom. The van der Waals surface area contributed by atoms with Crippen molar-refractivity contribution >= 4 is 21.6 Å². The second kappa shape index (κ2) is 7.21. The van der Waals surface area contributed by atoms with Gasteiger partial charge in [0.15, 0.2) is 0 Å². The van der Waals surface area contributed by atoms with Crippen LogP contribution in [0, 0.1) is 0 Å². The lowest BCUT2D eigenvalue weighted by Crippen LogP contribution is -2.28. The lowest BCUT2D eigenvalue weighted by molar-refractivity contribution is -0.138. The first kappa shape index (κ1) is 20.3. The fourth-order valence-electron chi connectivity index (χ4n) is 3.31. The summed E-state index contributed by atoms with van der Waals surface area (Å²) < 4.78 is 66.2. The van der Waals surface area contributed by atoms with E-state index in [9.17, 15) is 26.4 Å². The molecule has 1 aliphatic heterocycles. The number of nitrogens with zero attached hydrogens (tertiary/aromatic N) is 2. The van der Waals surface area contributed by atoms with Crippen LogP contribution in [-0.2, 0) is 34.0 Å². The van der Waals surface area contributed by atoms with Gasteiger partial charge < -0.3 is 4.90 Å². The van der Waals surface area contributed by atoms with Gasteiger partial charge in [0.1, 0.15) is 0 Å². The number of fused-ring (bicyclic) bond motifs is 1. The SMILES string of the molecule is CC(=O)N1CCc2cc(S(=O)(=O)N(C)Cc3ccccc3C(F)(F)F)ccc21. The number of sulfonamides is 1. The fourth-order valence-corrected chi connectivity index (χ4v) is 4.51. The van der Waals surface area contributed by atoms with E-state index in [1.165, 1.54) is 44.3 Å². The van der Waals surface area contributed by atoms with E-state index in [0.29, 0.717) is 18.7 Å². The summed E-state index contributed by atoms with van der Waals surface area (Å²) in [5.74, 6) is -0.129. The van der Waals surface area contributed by atoms with E-state index in [0.717, 1.165) is 15.9 Å². The van der Waals surface area contributed by atoms with Crippen molar-refractivity contribution in [3.8, 4) is 0 Å². The molecule has 0 bridgehead atoms. The molecule has 0 saturated heterocycles. The van der Waals surface area contributed by atoms with Crippen LogP contribution in [0.15, 0.2) is 47.4 Å². The van der Waals surface area contributed by atoms with Crippen LogP contribution < -0.4 is 4.90 Å². The highest BCUT2D eigenvalue weighted by molar-refractivity contribution is 7.89. The van der Waals surface area contributed by atoms with Crippen LogP contribution in [0.1, 0.15) is 23.6 Å². The molecule has 9 heteroatoms. The van der Waals surface area contributed by atoms with Crippen molar-refractivity contribution in [2.75, 3.05) is 18.5 Å². The second-order valence-corrected chi connectivity index (χ2v) is 8.67. The van der Waals surface area contributed by atoms with Crippen LogP contribution >= 0.6 is 0 Å². The molecule has 2 aromatic rings. The van der Waals surface area contributed by atoms with E-state index in [-0.39, 0.29) is 16.4 Å². The minimum absolute atomic E-state index is 0.0105. The number of carbonyl (C=O) groups excluding carboxylic acids is 1. The van der Waals surface area contributed by atoms with Crippen molar-refractivity contribution in [2.45, 2.75) is 31.0 Å². The van der Waals surface area contributed by atoms with Crippen LogP contribution in [0.4, 0.5) is 18.9 Å². The Balaban J connectivity index is 1.89. The third-order valence-corrected chi connectivity index (χ3v) is 6.55. The molecule has 0 aromatic heterocycles. The van der Waals surface area contributed by atoms with Crippen molar-refractivity contribution in [3.05, 3.63) is 59.2 Å². The van der Waals surface area contributed by atoms with Gasteiger partial charge in [-0.1, -0.05) is 18.2 Å². The molecule has 2 aromatic carbocycles. The molecular formula is C19H19F3N2O3S. The average molecular weight is 412 g/mol. The molecule has 0 N–H and O–H groups in total. The predicted molar refractivity (Wildman–Crippen MR) is 98.3 cm³/mol. The first-order valence-electron chi connectivity index (χ1n) is 8.54. The van der Waals surface area contributed by atoms with Gasteiger partial charge in [-0.2, -0.15) is 17.5 Å². The number of benzene rings is 2. The van der Waals surface area contributed by atoms with Gasteiger partial charge >= 0.3 is 6.18 Å². The summed E-state index contributed by atoms with van der Waals surface area (Å²) in [7, 11) is -2.75. The van der Waals surface area contributed by atoms with E-state index in [2.05, 4.69) is 0 Å². The Morgan fingerprint density at radius 2 is 1.86 bits per heavy atom. The van der Waals surface area contributed by atoms with Crippen LogP contribution in [0.2, 0.25) is 0 Å². The van der Waals surface area contributed by atoms with Crippen molar-refractivity contribution in [1.82, 2.24) is 4.31 Å². The smallest absolute Gasteiger partial charge is 0.312 e. The number of anilines is 1. The van der Waals surface area contributed by atoms with E-state index < -0.39 is 28.3 Å². The lowest BCUT2D eigenvalue weighted by Gasteiger charge is -2.21. The molecule has 1 amide bonds. The third-order valence-electron chi connectivity index (χ3n) is 4.75. The zero-order valence-corrected chi connectivity index (χ0v) is 16.1. The number of rotatable bonds is 4. The van der Waals surface area contributed by atoms with E-state index in [4.69, 9.17) is 0 Å². The van der Waals surface area contributed by atoms with Crippen molar-refractivity contribution < 1.29 is 26.4 Å². The summed E-state index contributed by atoms with van der Waals surface area (Å²) in [6.45, 7) is 1.50. The molecule has 0 radical (unpaired) electrons. The molecule has 0 atom stereocenters. The van der Waals surface area contributed by atoms with Gasteiger partial charge in [0, 0.05) is 32.7 Å². The number of alkyl halides is 3. The van der Waals surface area contributed by atoms with Crippen LogP contribution in [0.3, 0.4) is 0 Å². The molecule has 0 unspecified atom stereocenters. The summed E-state index contributed by atoms with van der Waals surface area (Å²) in [5.41, 5.74) is 0.407. The minimum atomic E-state index is -4.56. The largest absolute Gasteiger partial charge is 0.416 e. The van der Waals surface area contributed by atoms with Crippen molar-refractivity contribution in [3.63, 3.8) is 0 Å². The van der Waals surface area contributed by atoms with E-state index in [1.807, 2.05) is 0 Å². The summed E-state index contributed by atoms with van der Waals surface area (Å²) in [4.78, 5) is 13.2. The summed E-state index contributed by atoms with van der Waals surface area (Å²) in [5, 5.41) is 0. The maximum atomic E-state index is 13.2. The first-order valence-corrected chi connectivity index (χ1v) is 9.98. The number of carbonyl (C=O) groups is 1. The molecule has 150 valence electrons. The Morgan fingerprint density at radius 1 is 1.18 bits per heavy atom. The van der Waals surface area contributed by atoms with Gasteiger partial charge in [0.2, 0.25) is 15.9 Å². The van der Waals surface area contributed by atoms with E-state index >= 15 is 0 Å². The summed E-state index contributed by atoms with van der Waals surface area (Å²) >= 11 is 0. The Labute approximate surface area is 161 Å². The zero-order chi connectivity index (χ0) is 20.7. The Bertz CT molecular complexity index is 1020. The number of amides is 1. The molecule has 1 heterocycles. The second-order valence-electron chi connectivity index (χ2n) is 6.63. The monoisotopic (exact) mass is 412 g/mol. The highest BCUT2D eigenvalue weighted by atomic mass is 32.2. The topological polar surface area (TPSA) is 57.7 Å². The number of hydrogen-bond acceptors (Lipinski definition) is 3. The number of hydrogen-bond donors (Lipinski definition) is 0. The highest BCUT2D eigenvalue weighted by Gasteiger charge is 2.34. The van der Waals surface area contributed by atoms with Gasteiger partial charge in [-0.3, -0.25) is 4.79 Å². The summed E-state index contributed by atoms with van der Waals surface area (Å²) in [6, 6.07) is 9.33. The van der Waals surface area contributed by atoms with Crippen LogP contribution in [0.5, 0.6) is 0 Å². The molecule has 1 aliphatic rings. The Kier molecular flexibility index (Phi) is 5.24. The molecule has 0 saturated carbocycles. The molecule has 0 spiro atoms. The molecule has 5 nitrogen and oxygen atoms in total. The third kappa shape index (κ3) is 3.77. The van der Waals surface area contributed by atoms with Gasteiger partial charge in [-0.05, 0) is 41.8 Å². The zero-order valence-electron chi connectivity index (χ0n) is 15.3. The van der Waals surface area contributed by atoms with Crippen molar-refractivity contribution in [2.24, 2.45) is 0 Å². The maximum Gasteiger partial charge on any atom is 0.416 e. The minimum Gasteiger partial charge on any atom is -0.312 e. The molecular weight excluding hydrogens is 393 g/mol. The molecule has 0 fully saturated rings. The van der Waals surface area contributed by atoms with Crippen molar-refractivity contribution in [1.29, 1.82) is 0 Å². The lowest BCUT2D eigenvalue weighted by atomic mass is 10.1. The standard InChI is InChI=1S/C19H19F3N2O3S/c1-13(25)24-10-9-14-11-16(7-8-18(14)24)28(26,27)23(2)12-15-5-3-4-6-17(15)19(20,21)22/h3-8,11H,9-10,12H2,1-2H3. The fraction of sp³-hybridized carbons (Fsp3) is 0.316. The van der Waals surface area contributed by atoms with Gasteiger partial charge in [0.25, 0.3) is 0 Å². The van der Waals surface area contributed by atoms with E-state index in [1.54, 1.807) is 11.0 Å². The molecule has 0 aliphatic carbocycles. The average Bonchev–Trinajstić information content (AvgIpc) is 3.04. The van der Waals surface area contributed by atoms with Crippen LogP contribution in [-0.4, -0.2) is 32.2 Å². The first-order chi connectivity index (χ1) is 13.0. The van der Waals surface area contributed by atoms with Crippen LogP contribution in [0.25, 0.3) is 0 Å². The highest BCUT2D eigenvalue weighted by Crippen LogP contribution is 2.34. The van der Waals surface area contributed by atoms with Gasteiger partial charge in [-0.15, -0.1) is 0 Å². The quantitative estimate of drug-likeness (QED) is 0.773. The van der Waals surface area contributed by atoms with Gasteiger partial charge in [-0.25, -0.2) is 8.42 Å². The Hall–Kier alpha value is -2.39. The van der Waals surface area contributed by atoms with Gasteiger partial charge in [0.05, 0.1) is 10.5 Å². The molecule has 28 heavy (non-hydrogen) atoms. The summed E-state index contributed by atoms with van der Waals surface area (Å²) in [6.07, 6.45) is -4.04. The molecule has 3 rings (SSSR count). The number of halogens is 3. The maximum absolute atomic E-state index is 13.2. The predicted octanol–water partition coefficient (Wildman–Crippen LogP) is 3.44.